The number of methoxy groups -OCH3 is 1. The monoisotopic (exact) mass is 354 g/mol. The van der Waals surface area contributed by atoms with E-state index in [1.165, 1.54) is 14.0 Å². The molecule has 3 aliphatic rings. The Kier molecular flexibility index (Phi) is 4.51. The van der Waals surface area contributed by atoms with E-state index >= 15 is 0 Å². The average molecular weight is 354 g/mol. The summed E-state index contributed by atoms with van der Waals surface area (Å²) >= 11 is 0. The Hall–Kier alpha value is -2.42. The molecular weight excluding hydrogens is 336 g/mol. The van der Waals surface area contributed by atoms with Gasteiger partial charge in [0.2, 0.25) is 0 Å². The maximum Gasteiger partial charge on any atom is 0.330 e. The summed E-state index contributed by atoms with van der Waals surface area (Å²) in [5.41, 5.74) is 0. The first-order valence-electron chi connectivity index (χ1n) is 7.83. The van der Waals surface area contributed by atoms with Crippen LogP contribution < -0.4 is 0 Å². The van der Waals surface area contributed by atoms with E-state index < -0.39 is 66.2 Å². The van der Waals surface area contributed by atoms with Crippen LogP contribution >= 0.6 is 0 Å². The van der Waals surface area contributed by atoms with Crippen molar-refractivity contribution in [2.24, 2.45) is 11.8 Å². The van der Waals surface area contributed by atoms with Crippen LogP contribution in [0.5, 0.6) is 0 Å². The second-order valence-corrected chi connectivity index (χ2v) is 6.15. The van der Waals surface area contributed by atoms with Crippen molar-refractivity contribution in [3.05, 3.63) is 12.7 Å². The molecule has 9 heteroatoms. The van der Waals surface area contributed by atoms with Crippen LogP contribution in [0.25, 0.3) is 0 Å². The minimum absolute atomic E-state index is 0.194. The van der Waals surface area contributed by atoms with Gasteiger partial charge in [0.25, 0.3) is 0 Å². The van der Waals surface area contributed by atoms with Crippen molar-refractivity contribution in [3.8, 4) is 0 Å². The molecule has 0 aromatic carbocycles. The predicted octanol–water partition coefficient (Wildman–Crippen LogP) is -0.482. The second kappa shape index (κ2) is 6.47. The van der Waals surface area contributed by atoms with Gasteiger partial charge >= 0.3 is 23.9 Å². The highest BCUT2D eigenvalue weighted by Crippen LogP contribution is 2.51. The molecule has 0 amide bonds. The SMILES string of the molecule is C=CC(=O)OC(C)CC(=O)OC1C2OC(=O)C3C2OC1C3C(=O)OC. The summed E-state index contributed by atoms with van der Waals surface area (Å²) in [7, 11) is 1.21. The highest BCUT2D eigenvalue weighted by Gasteiger charge is 2.71. The molecule has 3 saturated heterocycles. The molecular formula is C16H18O9. The molecule has 3 rings (SSSR count). The molecule has 0 N–H and O–H groups in total. The highest BCUT2D eigenvalue weighted by molar-refractivity contribution is 5.87. The summed E-state index contributed by atoms with van der Waals surface area (Å²) in [6.45, 7) is 4.80. The van der Waals surface area contributed by atoms with E-state index in [1.807, 2.05) is 0 Å². The Morgan fingerprint density at radius 1 is 1.28 bits per heavy atom. The van der Waals surface area contributed by atoms with Crippen LogP contribution in [-0.2, 0) is 42.9 Å². The first kappa shape index (κ1) is 17.4. The van der Waals surface area contributed by atoms with Gasteiger partial charge in [-0.15, -0.1) is 0 Å². The van der Waals surface area contributed by atoms with Gasteiger partial charge in [-0.3, -0.25) is 14.4 Å². The van der Waals surface area contributed by atoms with E-state index in [2.05, 4.69) is 6.58 Å². The van der Waals surface area contributed by atoms with E-state index in [9.17, 15) is 19.2 Å². The molecule has 0 aromatic rings. The number of carbonyl (C=O) groups is 4. The Morgan fingerprint density at radius 2 is 2.00 bits per heavy atom. The fourth-order valence-corrected chi connectivity index (χ4v) is 3.60. The number of esters is 4. The molecule has 136 valence electrons. The number of hydrogen-bond donors (Lipinski definition) is 0. The lowest BCUT2D eigenvalue weighted by Gasteiger charge is -2.27. The molecule has 9 nitrogen and oxygen atoms in total. The normalized spacial score (nSPS) is 35.7. The van der Waals surface area contributed by atoms with Gasteiger partial charge in [0.15, 0.2) is 12.2 Å². The van der Waals surface area contributed by atoms with E-state index in [4.69, 9.17) is 23.7 Å². The molecule has 25 heavy (non-hydrogen) atoms. The average Bonchev–Trinajstić information content (AvgIpc) is 3.17. The van der Waals surface area contributed by atoms with E-state index in [0.29, 0.717) is 0 Å². The lowest BCUT2D eigenvalue weighted by atomic mass is 9.78. The second-order valence-electron chi connectivity index (χ2n) is 6.15. The van der Waals surface area contributed by atoms with Gasteiger partial charge in [0.05, 0.1) is 13.5 Å². The molecule has 3 fully saturated rings. The van der Waals surface area contributed by atoms with Crippen LogP contribution in [0.3, 0.4) is 0 Å². The van der Waals surface area contributed by atoms with E-state index in [0.717, 1.165) is 6.08 Å². The molecule has 0 spiro atoms. The lowest BCUT2D eigenvalue weighted by Crippen LogP contribution is -2.48. The third-order valence-corrected chi connectivity index (χ3v) is 4.58. The number of ether oxygens (including phenoxy) is 5. The minimum Gasteiger partial charge on any atom is -0.469 e. The van der Waals surface area contributed by atoms with Gasteiger partial charge in [0, 0.05) is 6.08 Å². The fraction of sp³-hybridized carbons (Fsp3) is 0.625. The van der Waals surface area contributed by atoms with Gasteiger partial charge in [-0.1, -0.05) is 6.58 Å². The minimum atomic E-state index is -0.897. The molecule has 7 atom stereocenters. The van der Waals surface area contributed by atoms with Crippen molar-refractivity contribution in [2.45, 2.75) is 43.9 Å². The molecule has 0 aliphatic carbocycles. The Bertz CT molecular complexity index is 627. The number of fused-ring (bicyclic) bond motifs is 1. The maximum absolute atomic E-state index is 12.1. The lowest BCUT2D eigenvalue weighted by molar-refractivity contribution is -0.166. The zero-order valence-electron chi connectivity index (χ0n) is 13.7. The zero-order valence-corrected chi connectivity index (χ0v) is 13.7. The van der Waals surface area contributed by atoms with Crippen LogP contribution in [0.4, 0.5) is 0 Å². The smallest absolute Gasteiger partial charge is 0.330 e. The standard InChI is InChI=1S/C16H18O9/c1-4-7(17)22-6(2)5-8(18)23-13-11-9(15(19)21-3)10-12(24-11)14(13)25-16(10)20/h4,6,9-14H,1,5H2,2-3H3. The van der Waals surface area contributed by atoms with Crippen molar-refractivity contribution in [3.63, 3.8) is 0 Å². The summed E-state index contributed by atoms with van der Waals surface area (Å²) < 4.78 is 25.9. The summed E-state index contributed by atoms with van der Waals surface area (Å²) in [6.07, 6.45) is -2.98. The largest absolute Gasteiger partial charge is 0.469 e. The number of hydrogen-bond acceptors (Lipinski definition) is 9. The van der Waals surface area contributed by atoms with Crippen molar-refractivity contribution in [2.75, 3.05) is 7.11 Å². The molecule has 3 heterocycles. The summed E-state index contributed by atoms with van der Waals surface area (Å²) in [6, 6.07) is 0. The van der Waals surface area contributed by atoms with E-state index in [1.54, 1.807) is 0 Å². The van der Waals surface area contributed by atoms with Gasteiger partial charge in [-0.2, -0.15) is 0 Å². The number of rotatable bonds is 6. The highest BCUT2D eigenvalue weighted by atomic mass is 16.7. The van der Waals surface area contributed by atoms with Crippen molar-refractivity contribution >= 4 is 23.9 Å². The Morgan fingerprint density at radius 3 is 2.64 bits per heavy atom. The maximum atomic E-state index is 12.1. The van der Waals surface area contributed by atoms with Crippen molar-refractivity contribution < 1.29 is 42.9 Å². The van der Waals surface area contributed by atoms with E-state index in [-0.39, 0.29) is 6.42 Å². The van der Waals surface area contributed by atoms with Crippen LogP contribution in [0, 0.1) is 11.8 Å². The number of carbonyl (C=O) groups excluding carboxylic acids is 4. The Labute approximate surface area is 143 Å². The van der Waals surface area contributed by atoms with Gasteiger partial charge in [-0.25, -0.2) is 4.79 Å². The molecule has 0 radical (unpaired) electrons. The summed E-state index contributed by atoms with van der Waals surface area (Å²) in [5, 5.41) is 0. The first-order valence-corrected chi connectivity index (χ1v) is 7.83. The first-order chi connectivity index (χ1) is 11.9. The van der Waals surface area contributed by atoms with Crippen LogP contribution in [-0.4, -0.2) is 61.5 Å². The molecule has 0 saturated carbocycles. The van der Waals surface area contributed by atoms with Gasteiger partial charge in [0.1, 0.15) is 30.1 Å². The van der Waals surface area contributed by atoms with Crippen molar-refractivity contribution in [1.29, 1.82) is 0 Å². The molecule has 3 aliphatic heterocycles. The van der Waals surface area contributed by atoms with Crippen LogP contribution in [0.1, 0.15) is 13.3 Å². The van der Waals surface area contributed by atoms with Crippen LogP contribution in [0.2, 0.25) is 0 Å². The third-order valence-electron chi connectivity index (χ3n) is 4.58. The van der Waals surface area contributed by atoms with Gasteiger partial charge in [-0.05, 0) is 6.92 Å². The molecule has 7 unspecified atom stereocenters. The van der Waals surface area contributed by atoms with Gasteiger partial charge < -0.3 is 23.7 Å². The fourth-order valence-electron chi connectivity index (χ4n) is 3.60. The third kappa shape index (κ3) is 2.88. The van der Waals surface area contributed by atoms with Crippen molar-refractivity contribution in [1.82, 2.24) is 0 Å². The molecule has 2 bridgehead atoms. The summed E-state index contributed by atoms with van der Waals surface area (Å²) in [4.78, 5) is 47.2. The zero-order chi connectivity index (χ0) is 18.3. The molecule has 0 aromatic heterocycles. The Balaban J connectivity index is 1.66. The summed E-state index contributed by atoms with van der Waals surface area (Å²) in [5.74, 6) is -4.07. The predicted molar refractivity (Wildman–Crippen MR) is 77.8 cm³/mol. The van der Waals surface area contributed by atoms with Crippen LogP contribution in [0.15, 0.2) is 12.7 Å². The quantitative estimate of drug-likeness (QED) is 0.354. The topological polar surface area (TPSA) is 114 Å².